The molecule has 16 heavy (non-hydrogen) atoms. The molecule has 0 fully saturated rings. The Morgan fingerprint density at radius 3 is 1.94 bits per heavy atom. The van der Waals surface area contributed by atoms with Gasteiger partial charge in [-0.1, -0.05) is 51.5 Å². The third-order valence-electron chi connectivity index (χ3n) is 3.01. The van der Waals surface area contributed by atoms with E-state index in [1.807, 2.05) is 13.0 Å². The van der Waals surface area contributed by atoms with E-state index >= 15 is 0 Å². The van der Waals surface area contributed by atoms with Crippen LogP contribution in [0.2, 0.25) is 0 Å². The Labute approximate surface area is 101 Å². The molecule has 1 heteroatoms. The van der Waals surface area contributed by atoms with Crippen LogP contribution < -0.4 is 0 Å². The first-order valence-corrected chi connectivity index (χ1v) is 6.93. The average molecular weight is 224 g/mol. The molecule has 0 aromatic heterocycles. The second-order valence-corrected chi connectivity index (χ2v) is 4.55. The molecule has 0 unspecified atom stereocenters. The van der Waals surface area contributed by atoms with E-state index in [0.29, 0.717) is 12.2 Å². The molecule has 0 aromatic rings. The summed E-state index contributed by atoms with van der Waals surface area (Å²) in [6, 6.07) is 0. The largest absolute Gasteiger partial charge is 0.300 e. The van der Waals surface area contributed by atoms with E-state index in [1.54, 1.807) is 0 Å². The average Bonchev–Trinajstić information content (AvgIpc) is 2.31. The highest BCUT2D eigenvalue weighted by atomic mass is 16.1. The molecule has 0 amide bonds. The monoisotopic (exact) mass is 224 g/mol. The summed E-state index contributed by atoms with van der Waals surface area (Å²) in [7, 11) is 0. The standard InChI is InChI=1S/C15H28O/c1-3-5-6-7-8-9-10-11-12-13-14-15(16)4-2/h3H,1,4-14H2,2H3. The normalized spacial score (nSPS) is 10.3. The Morgan fingerprint density at radius 2 is 1.44 bits per heavy atom. The number of carbonyl (C=O) groups excluding carboxylic acids is 1. The molecule has 0 aliphatic heterocycles. The van der Waals surface area contributed by atoms with Crippen LogP contribution in [0.4, 0.5) is 0 Å². The highest BCUT2D eigenvalue weighted by Gasteiger charge is 1.97. The minimum absolute atomic E-state index is 0.421. The second kappa shape index (κ2) is 12.5. The van der Waals surface area contributed by atoms with Crippen LogP contribution >= 0.6 is 0 Å². The summed E-state index contributed by atoms with van der Waals surface area (Å²) in [6.07, 6.45) is 15.0. The predicted octanol–water partition coefficient (Wildman–Crippen LogP) is 5.05. The number of hydrogen-bond acceptors (Lipinski definition) is 1. The van der Waals surface area contributed by atoms with Gasteiger partial charge in [0.05, 0.1) is 0 Å². The third-order valence-corrected chi connectivity index (χ3v) is 3.01. The van der Waals surface area contributed by atoms with E-state index in [1.165, 1.54) is 51.4 Å². The molecule has 0 aliphatic rings. The van der Waals surface area contributed by atoms with Crippen LogP contribution in [0.5, 0.6) is 0 Å². The summed E-state index contributed by atoms with van der Waals surface area (Å²) in [5, 5.41) is 0. The smallest absolute Gasteiger partial charge is 0.132 e. The highest BCUT2D eigenvalue weighted by molar-refractivity contribution is 5.77. The van der Waals surface area contributed by atoms with Crippen molar-refractivity contribution in [3.63, 3.8) is 0 Å². The number of Topliss-reactive ketones (excluding diaryl/α,β-unsaturated/α-hetero) is 1. The van der Waals surface area contributed by atoms with E-state index in [9.17, 15) is 4.79 Å². The molecule has 0 radical (unpaired) electrons. The lowest BCUT2D eigenvalue weighted by atomic mass is 10.0. The lowest BCUT2D eigenvalue weighted by molar-refractivity contribution is -0.118. The number of hydrogen-bond donors (Lipinski definition) is 0. The lowest BCUT2D eigenvalue weighted by Crippen LogP contribution is -1.94. The van der Waals surface area contributed by atoms with Crippen LogP contribution in [0.1, 0.15) is 77.6 Å². The molecule has 0 saturated heterocycles. The van der Waals surface area contributed by atoms with Gasteiger partial charge in [-0.25, -0.2) is 0 Å². The summed E-state index contributed by atoms with van der Waals surface area (Å²) >= 11 is 0. The zero-order chi connectivity index (χ0) is 12.1. The molecule has 0 spiro atoms. The van der Waals surface area contributed by atoms with E-state index in [2.05, 4.69) is 6.58 Å². The summed E-state index contributed by atoms with van der Waals surface area (Å²) in [5.74, 6) is 0.421. The summed E-state index contributed by atoms with van der Waals surface area (Å²) in [4.78, 5) is 11.0. The van der Waals surface area contributed by atoms with Crippen molar-refractivity contribution in [2.24, 2.45) is 0 Å². The molecule has 1 nitrogen and oxygen atoms in total. The van der Waals surface area contributed by atoms with Gasteiger partial charge in [0.2, 0.25) is 0 Å². The maximum atomic E-state index is 11.0. The van der Waals surface area contributed by atoms with Crippen molar-refractivity contribution in [3.05, 3.63) is 12.7 Å². The van der Waals surface area contributed by atoms with Crippen LogP contribution in [0.25, 0.3) is 0 Å². The van der Waals surface area contributed by atoms with Gasteiger partial charge in [-0.15, -0.1) is 6.58 Å². The van der Waals surface area contributed by atoms with Crippen molar-refractivity contribution in [2.45, 2.75) is 77.6 Å². The fourth-order valence-corrected chi connectivity index (χ4v) is 1.85. The van der Waals surface area contributed by atoms with Crippen LogP contribution in [0, 0.1) is 0 Å². The molecule has 0 atom stereocenters. The van der Waals surface area contributed by atoms with Gasteiger partial charge < -0.3 is 0 Å². The Morgan fingerprint density at radius 1 is 0.938 bits per heavy atom. The van der Waals surface area contributed by atoms with Gasteiger partial charge in [0.25, 0.3) is 0 Å². The maximum absolute atomic E-state index is 11.0. The first-order chi connectivity index (χ1) is 7.81. The Kier molecular flexibility index (Phi) is 12.0. The summed E-state index contributed by atoms with van der Waals surface area (Å²) in [6.45, 7) is 5.67. The molecule has 0 heterocycles. The lowest BCUT2D eigenvalue weighted by Gasteiger charge is -2.01. The zero-order valence-corrected chi connectivity index (χ0v) is 11.0. The van der Waals surface area contributed by atoms with Crippen LogP contribution in [-0.4, -0.2) is 5.78 Å². The first kappa shape index (κ1) is 15.4. The molecule has 0 saturated carbocycles. The molecule has 94 valence electrons. The Hall–Kier alpha value is -0.590. The minimum Gasteiger partial charge on any atom is -0.300 e. The van der Waals surface area contributed by atoms with Crippen molar-refractivity contribution >= 4 is 5.78 Å². The third kappa shape index (κ3) is 11.5. The number of unbranched alkanes of at least 4 members (excludes halogenated alkanes) is 8. The number of carbonyl (C=O) groups is 1. The molecule has 0 aromatic carbocycles. The maximum Gasteiger partial charge on any atom is 0.132 e. The SMILES string of the molecule is C=CCCCCCCCCCCC(=O)CC. The van der Waals surface area contributed by atoms with Gasteiger partial charge in [0.1, 0.15) is 5.78 Å². The van der Waals surface area contributed by atoms with Crippen molar-refractivity contribution in [3.8, 4) is 0 Å². The zero-order valence-electron chi connectivity index (χ0n) is 11.0. The quantitative estimate of drug-likeness (QED) is 0.335. The molecular formula is C15H28O. The van der Waals surface area contributed by atoms with E-state index in [0.717, 1.165) is 12.8 Å². The fraction of sp³-hybridized carbons (Fsp3) is 0.800. The molecule has 0 aliphatic carbocycles. The van der Waals surface area contributed by atoms with Gasteiger partial charge in [-0.2, -0.15) is 0 Å². The topological polar surface area (TPSA) is 17.1 Å². The van der Waals surface area contributed by atoms with Crippen LogP contribution in [0.3, 0.4) is 0 Å². The molecule has 0 rings (SSSR count). The molecule has 0 bridgehead atoms. The number of ketones is 1. The Balaban J connectivity index is 2.98. The van der Waals surface area contributed by atoms with Crippen LogP contribution in [0.15, 0.2) is 12.7 Å². The summed E-state index contributed by atoms with van der Waals surface area (Å²) in [5.41, 5.74) is 0. The summed E-state index contributed by atoms with van der Waals surface area (Å²) < 4.78 is 0. The predicted molar refractivity (Wildman–Crippen MR) is 71.7 cm³/mol. The molecule has 0 N–H and O–H groups in total. The van der Waals surface area contributed by atoms with Gasteiger partial charge in [-0.3, -0.25) is 4.79 Å². The second-order valence-electron chi connectivity index (χ2n) is 4.55. The number of rotatable bonds is 12. The van der Waals surface area contributed by atoms with Gasteiger partial charge in [0.15, 0.2) is 0 Å². The van der Waals surface area contributed by atoms with Gasteiger partial charge in [-0.05, 0) is 19.3 Å². The van der Waals surface area contributed by atoms with Crippen molar-refractivity contribution in [1.29, 1.82) is 0 Å². The van der Waals surface area contributed by atoms with Crippen LogP contribution in [-0.2, 0) is 4.79 Å². The van der Waals surface area contributed by atoms with Gasteiger partial charge in [0, 0.05) is 12.8 Å². The van der Waals surface area contributed by atoms with Crippen molar-refractivity contribution in [1.82, 2.24) is 0 Å². The minimum atomic E-state index is 0.421. The molecular weight excluding hydrogens is 196 g/mol. The van der Waals surface area contributed by atoms with E-state index in [-0.39, 0.29) is 0 Å². The van der Waals surface area contributed by atoms with Gasteiger partial charge >= 0.3 is 0 Å². The first-order valence-electron chi connectivity index (χ1n) is 6.93. The highest BCUT2D eigenvalue weighted by Crippen LogP contribution is 2.11. The number of allylic oxidation sites excluding steroid dienone is 1. The Bertz CT molecular complexity index is 172. The van der Waals surface area contributed by atoms with Crippen molar-refractivity contribution < 1.29 is 4.79 Å². The van der Waals surface area contributed by atoms with Crippen molar-refractivity contribution in [2.75, 3.05) is 0 Å². The van der Waals surface area contributed by atoms with E-state index in [4.69, 9.17) is 0 Å². The fourth-order valence-electron chi connectivity index (χ4n) is 1.85. The van der Waals surface area contributed by atoms with E-state index < -0.39 is 0 Å².